The number of benzene rings is 1. The van der Waals surface area contributed by atoms with Crippen molar-refractivity contribution in [3.8, 4) is 0 Å². The number of sulfonamides is 1. The van der Waals surface area contributed by atoms with Gasteiger partial charge in [0.25, 0.3) is 5.91 Å². The van der Waals surface area contributed by atoms with Crippen molar-refractivity contribution in [3.05, 3.63) is 29.8 Å². The van der Waals surface area contributed by atoms with Crippen molar-refractivity contribution < 1.29 is 17.9 Å². The summed E-state index contributed by atoms with van der Waals surface area (Å²) in [5, 5.41) is 3.04. The maximum atomic E-state index is 12.6. The summed E-state index contributed by atoms with van der Waals surface area (Å²) in [5.74, 6) is 0.470. The molecule has 140 valence electrons. The van der Waals surface area contributed by atoms with Crippen LogP contribution in [0.4, 0.5) is 0 Å². The molecule has 7 heteroatoms. The molecule has 6 nitrogen and oxygen atoms in total. The maximum absolute atomic E-state index is 12.6. The second-order valence-corrected chi connectivity index (χ2v) is 8.97. The normalized spacial score (nSPS) is 16.6. The summed E-state index contributed by atoms with van der Waals surface area (Å²) in [7, 11) is -3.53. The Morgan fingerprint density at radius 1 is 1.04 bits per heavy atom. The highest BCUT2D eigenvalue weighted by Gasteiger charge is 2.26. The average molecular weight is 368 g/mol. The molecule has 0 unspecified atom stereocenters. The van der Waals surface area contributed by atoms with Gasteiger partial charge in [0.2, 0.25) is 10.0 Å². The van der Waals surface area contributed by atoms with Gasteiger partial charge in [-0.15, -0.1) is 0 Å². The molecule has 0 aliphatic carbocycles. The highest BCUT2D eigenvalue weighted by Crippen LogP contribution is 2.18. The van der Waals surface area contributed by atoms with E-state index in [4.69, 9.17) is 4.74 Å². The van der Waals surface area contributed by atoms with Crippen LogP contribution in [0.15, 0.2) is 29.2 Å². The molecule has 0 radical (unpaired) electrons. The number of carbonyl (C=O) groups is 1. The van der Waals surface area contributed by atoms with Crippen LogP contribution in [0, 0.1) is 11.8 Å². The van der Waals surface area contributed by atoms with Gasteiger partial charge in [0.1, 0.15) is 0 Å². The summed E-state index contributed by atoms with van der Waals surface area (Å²) in [6.07, 6.45) is 0. The van der Waals surface area contributed by atoms with Gasteiger partial charge in [-0.2, -0.15) is 4.31 Å². The van der Waals surface area contributed by atoms with Gasteiger partial charge in [-0.05, 0) is 36.1 Å². The Morgan fingerprint density at radius 2 is 1.56 bits per heavy atom. The van der Waals surface area contributed by atoms with Crippen molar-refractivity contribution in [2.75, 3.05) is 26.3 Å². The fraction of sp³-hybridized carbons (Fsp3) is 0.611. The molecule has 1 aliphatic heterocycles. The molecule has 1 saturated heterocycles. The molecule has 1 aliphatic rings. The molecule has 0 aromatic heterocycles. The van der Waals surface area contributed by atoms with Crippen LogP contribution in [0.3, 0.4) is 0 Å². The van der Waals surface area contributed by atoms with Crippen molar-refractivity contribution >= 4 is 15.9 Å². The van der Waals surface area contributed by atoms with Gasteiger partial charge in [0.15, 0.2) is 0 Å². The second kappa shape index (κ2) is 8.29. The zero-order valence-electron chi connectivity index (χ0n) is 15.4. The zero-order chi connectivity index (χ0) is 18.6. The van der Waals surface area contributed by atoms with E-state index in [1.54, 1.807) is 12.1 Å². The molecule has 1 fully saturated rings. The number of hydrogen-bond donors (Lipinski definition) is 1. The minimum absolute atomic E-state index is 0.0734. The summed E-state index contributed by atoms with van der Waals surface area (Å²) in [5.41, 5.74) is 0.465. The van der Waals surface area contributed by atoms with E-state index in [2.05, 4.69) is 33.0 Å². The van der Waals surface area contributed by atoms with E-state index in [9.17, 15) is 13.2 Å². The van der Waals surface area contributed by atoms with Crippen molar-refractivity contribution in [1.82, 2.24) is 9.62 Å². The number of amides is 1. The lowest BCUT2D eigenvalue weighted by Crippen LogP contribution is -2.42. The average Bonchev–Trinajstić information content (AvgIpc) is 2.59. The van der Waals surface area contributed by atoms with Crippen LogP contribution in [-0.4, -0.2) is 51.0 Å². The lowest BCUT2D eigenvalue weighted by molar-refractivity contribution is 0.0730. The third kappa shape index (κ3) is 4.80. The monoisotopic (exact) mass is 368 g/mol. The summed E-state index contributed by atoms with van der Waals surface area (Å²) >= 11 is 0. The number of morpholine rings is 1. The Hall–Kier alpha value is -1.44. The molecular formula is C18H28N2O4S. The number of carbonyl (C=O) groups excluding carboxylic acids is 1. The predicted octanol–water partition coefficient (Wildman–Crippen LogP) is 2.12. The van der Waals surface area contributed by atoms with E-state index in [-0.39, 0.29) is 16.8 Å². The maximum Gasteiger partial charge on any atom is 0.251 e. The van der Waals surface area contributed by atoms with Crippen LogP contribution >= 0.6 is 0 Å². The van der Waals surface area contributed by atoms with Crippen LogP contribution in [0.25, 0.3) is 0 Å². The van der Waals surface area contributed by atoms with Crippen LogP contribution in [0.5, 0.6) is 0 Å². The predicted molar refractivity (Wildman–Crippen MR) is 97.0 cm³/mol. The summed E-state index contributed by atoms with van der Waals surface area (Å²) in [6.45, 7) is 9.82. The highest BCUT2D eigenvalue weighted by molar-refractivity contribution is 7.89. The molecule has 0 saturated carbocycles. The Kier molecular flexibility index (Phi) is 6.59. The quantitative estimate of drug-likeness (QED) is 0.834. The molecule has 0 atom stereocenters. The number of hydrogen-bond acceptors (Lipinski definition) is 4. The van der Waals surface area contributed by atoms with Gasteiger partial charge in [0.05, 0.1) is 18.1 Å². The lowest BCUT2D eigenvalue weighted by atomic mass is 9.93. The van der Waals surface area contributed by atoms with E-state index in [1.807, 2.05) is 0 Å². The minimum atomic E-state index is -3.53. The van der Waals surface area contributed by atoms with Crippen LogP contribution < -0.4 is 5.32 Å². The van der Waals surface area contributed by atoms with Gasteiger partial charge in [0, 0.05) is 24.7 Å². The molecule has 0 spiro atoms. The first-order chi connectivity index (χ1) is 11.7. The van der Waals surface area contributed by atoms with Gasteiger partial charge in [-0.1, -0.05) is 27.7 Å². The highest BCUT2D eigenvalue weighted by atomic mass is 32.2. The fourth-order valence-electron chi connectivity index (χ4n) is 3.05. The molecule has 0 bridgehead atoms. The van der Waals surface area contributed by atoms with E-state index < -0.39 is 10.0 Å². The first-order valence-corrected chi connectivity index (χ1v) is 10.2. The zero-order valence-corrected chi connectivity index (χ0v) is 16.2. The Bertz CT molecular complexity index is 670. The molecule has 1 aromatic carbocycles. The Balaban J connectivity index is 2.12. The topological polar surface area (TPSA) is 75.7 Å². The van der Waals surface area contributed by atoms with Gasteiger partial charge >= 0.3 is 0 Å². The van der Waals surface area contributed by atoms with Crippen molar-refractivity contribution in [2.45, 2.75) is 38.6 Å². The summed E-state index contributed by atoms with van der Waals surface area (Å²) < 4.78 is 31.8. The summed E-state index contributed by atoms with van der Waals surface area (Å²) in [6, 6.07) is 6.21. The van der Waals surface area contributed by atoms with Gasteiger partial charge in [-0.25, -0.2) is 8.42 Å². The van der Waals surface area contributed by atoms with E-state index in [1.165, 1.54) is 16.4 Å². The first-order valence-electron chi connectivity index (χ1n) is 8.72. The van der Waals surface area contributed by atoms with Crippen LogP contribution in [-0.2, 0) is 14.8 Å². The fourth-order valence-corrected chi connectivity index (χ4v) is 4.46. The van der Waals surface area contributed by atoms with Gasteiger partial charge < -0.3 is 10.1 Å². The number of ether oxygens (including phenoxy) is 1. The number of rotatable bonds is 6. The number of nitrogens with one attached hydrogen (secondary N) is 1. The second-order valence-electron chi connectivity index (χ2n) is 7.03. The number of nitrogens with zero attached hydrogens (tertiary/aromatic N) is 1. The van der Waals surface area contributed by atoms with E-state index in [0.29, 0.717) is 43.7 Å². The van der Waals surface area contributed by atoms with E-state index >= 15 is 0 Å². The molecular weight excluding hydrogens is 340 g/mol. The third-order valence-electron chi connectivity index (χ3n) is 4.46. The standard InChI is InChI=1S/C18H28N2O4S/c1-13(2)17(14(3)4)19-18(21)15-5-7-16(8-6-15)25(22,23)20-9-11-24-12-10-20/h5-8,13-14,17H,9-12H2,1-4H3,(H,19,21). The largest absolute Gasteiger partial charge is 0.379 e. The molecule has 25 heavy (non-hydrogen) atoms. The van der Waals surface area contributed by atoms with Crippen LogP contribution in [0.2, 0.25) is 0 Å². The van der Waals surface area contributed by atoms with Crippen molar-refractivity contribution in [3.63, 3.8) is 0 Å². The minimum Gasteiger partial charge on any atom is -0.379 e. The third-order valence-corrected chi connectivity index (χ3v) is 6.37. The molecule has 1 heterocycles. The van der Waals surface area contributed by atoms with Crippen LogP contribution in [0.1, 0.15) is 38.1 Å². The first kappa shape index (κ1) is 19.9. The van der Waals surface area contributed by atoms with Crippen molar-refractivity contribution in [1.29, 1.82) is 0 Å². The lowest BCUT2D eigenvalue weighted by Gasteiger charge is -2.26. The smallest absolute Gasteiger partial charge is 0.251 e. The Morgan fingerprint density at radius 3 is 2.04 bits per heavy atom. The molecule has 1 aromatic rings. The molecule has 1 N–H and O–H groups in total. The molecule has 1 amide bonds. The summed E-state index contributed by atoms with van der Waals surface area (Å²) in [4.78, 5) is 12.6. The van der Waals surface area contributed by atoms with Gasteiger partial charge in [-0.3, -0.25) is 4.79 Å². The van der Waals surface area contributed by atoms with Crippen molar-refractivity contribution in [2.24, 2.45) is 11.8 Å². The van der Waals surface area contributed by atoms with E-state index in [0.717, 1.165) is 0 Å². The SMILES string of the molecule is CC(C)C(NC(=O)c1ccc(S(=O)(=O)N2CCOCC2)cc1)C(C)C. The molecule has 2 rings (SSSR count). The Labute approximate surface area is 150 Å².